The summed E-state index contributed by atoms with van der Waals surface area (Å²) in [6, 6.07) is 5.09. The zero-order valence-corrected chi connectivity index (χ0v) is 11.4. The Bertz CT molecular complexity index is 461. The van der Waals surface area contributed by atoms with E-state index in [0.717, 1.165) is 12.0 Å². The maximum Gasteiger partial charge on any atom is 0.257 e. The van der Waals surface area contributed by atoms with Crippen molar-refractivity contribution in [2.45, 2.75) is 25.6 Å². The molecule has 3 nitrogen and oxygen atoms in total. The summed E-state index contributed by atoms with van der Waals surface area (Å²) < 4.78 is 0. The topological polar surface area (TPSA) is 40.5 Å². The van der Waals surface area contributed by atoms with Gasteiger partial charge in [-0.15, -0.1) is 11.6 Å². The van der Waals surface area contributed by atoms with Gasteiger partial charge in [-0.1, -0.05) is 18.6 Å². The summed E-state index contributed by atoms with van der Waals surface area (Å²) in [7, 11) is 0. The first-order valence-electron chi connectivity index (χ1n) is 6.22. The van der Waals surface area contributed by atoms with Gasteiger partial charge in [0.15, 0.2) is 0 Å². The van der Waals surface area contributed by atoms with E-state index in [0.29, 0.717) is 18.7 Å². The number of carbonyl (C=O) groups excluding carboxylic acids is 1. The number of halogens is 1. The first-order chi connectivity index (χ1) is 8.49. The zero-order valence-electron chi connectivity index (χ0n) is 10.7. The van der Waals surface area contributed by atoms with Gasteiger partial charge in [0.1, 0.15) is 5.75 Å². The second-order valence-electron chi connectivity index (χ2n) is 5.05. The maximum atomic E-state index is 12.3. The van der Waals surface area contributed by atoms with Gasteiger partial charge in [0.25, 0.3) is 5.91 Å². The average molecular weight is 268 g/mol. The van der Waals surface area contributed by atoms with E-state index in [1.54, 1.807) is 23.1 Å². The third-order valence-electron chi connectivity index (χ3n) is 3.47. The van der Waals surface area contributed by atoms with Crippen LogP contribution in [-0.4, -0.2) is 34.4 Å². The van der Waals surface area contributed by atoms with Gasteiger partial charge >= 0.3 is 0 Å². The van der Waals surface area contributed by atoms with E-state index < -0.39 is 0 Å². The minimum atomic E-state index is -0.105. The first kappa shape index (κ1) is 13.2. The number of hydrogen-bond acceptors (Lipinski definition) is 2. The molecule has 98 valence electrons. The molecule has 0 bridgehead atoms. The number of phenolic OH excluding ortho intramolecular Hbond substituents is 1. The molecule has 2 atom stereocenters. The summed E-state index contributed by atoms with van der Waals surface area (Å²) in [6.45, 7) is 5.27. The highest BCUT2D eigenvalue weighted by atomic mass is 35.5. The number of rotatable bonds is 1. The van der Waals surface area contributed by atoms with Crippen molar-refractivity contribution in [1.82, 2.24) is 4.90 Å². The summed E-state index contributed by atoms with van der Waals surface area (Å²) >= 11 is 6.15. The van der Waals surface area contributed by atoms with E-state index in [1.165, 1.54) is 0 Å². The molecule has 4 heteroatoms. The highest BCUT2D eigenvalue weighted by molar-refractivity contribution is 6.20. The fourth-order valence-electron chi connectivity index (χ4n) is 2.29. The van der Waals surface area contributed by atoms with Crippen LogP contribution in [0.2, 0.25) is 0 Å². The molecule has 0 radical (unpaired) electrons. The smallest absolute Gasteiger partial charge is 0.257 e. The molecule has 1 aliphatic heterocycles. The molecule has 0 aliphatic carbocycles. The molecule has 1 fully saturated rings. The summed E-state index contributed by atoms with van der Waals surface area (Å²) in [5, 5.41) is 9.92. The van der Waals surface area contributed by atoms with Gasteiger partial charge < -0.3 is 10.0 Å². The standard InChI is InChI=1S/C14H18ClNO2/c1-9-3-4-13(17)11(7-9)14(18)16-6-5-12(15)10(2)8-16/h3-4,7,10,12,17H,5-6,8H2,1-2H3. The number of aromatic hydroxyl groups is 1. The number of hydrogen-bond donors (Lipinski definition) is 1. The normalized spacial score (nSPS) is 24.1. The van der Waals surface area contributed by atoms with E-state index in [2.05, 4.69) is 0 Å². The van der Waals surface area contributed by atoms with Crippen LogP contribution >= 0.6 is 11.6 Å². The van der Waals surface area contributed by atoms with Crippen molar-refractivity contribution in [1.29, 1.82) is 0 Å². The Hall–Kier alpha value is -1.22. The van der Waals surface area contributed by atoms with E-state index in [-0.39, 0.29) is 23.0 Å². The summed E-state index contributed by atoms with van der Waals surface area (Å²) in [4.78, 5) is 14.1. The molecule has 1 aliphatic rings. The SMILES string of the molecule is Cc1ccc(O)c(C(=O)N2CCC(Cl)C(C)C2)c1. The van der Waals surface area contributed by atoms with Gasteiger partial charge in [-0.05, 0) is 31.4 Å². The number of amides is 1. The fraction of sp³-hybridized carbons (Fsp3) is 0.500. The number of carbonyl (C=O) groups is 1. The maximum absolute atomic E-state index is 12.3. The third kappa shape index (κ3) is 2.61. The molecule has 1 aromatic carbocycles. The molecule has 0 saturated carbocycles. The molecule has 2 unspecified atom stereocenters. The van der Waals surface area contributed by atoms with Gasteiger partial charge in [-0.25, -0.2) is 0 Å². The van der Waals surface area contributed by atoms with Crippen LogP contribution in [0.5, 0.6) is 5.75 Å². The molecule has 1 aromatic rings. The highest BCUT2D eigenvalue weighted by Gasteiger charge is 2.28. The lowest BCUT2D eigenvalue weighted by Crippen LogP contribution is -2.43. The molecule has 1 saturated heterocycles. The van der Waals surface area contributed by atoms with Crippen LogP contribution < -0.4 is 0 Å². The average Bonchev–Trinajstić information content (AvgIpc) is 2.35. The Morgan fingerprint density at radius 1 is 1.50 bits per heavy atom. The van der Waals surface area contributed by atoms with Crippen molar-refractivity contribution in [2.75, 3.05) is 13.1 Å². The number of nitrogens with zero attached hydrogens (tertiary/aromatic N) is 1. The Morgan fingerprint density at radius 2 is 2.22 bits per heavy atom. The van der Waals surface area contributed by atoms with Gasteiger partial charge in [0.2, 0.25) is 0 Å². The minimum absolute atomic E-state index is 0.0475. The molecule has 1 N–H and O–H groups in total. The lowest BCUT2D eigenvalue weighted by atomic mass is 9.98. The predicted octanol–water partition coefficient (Wildman–Crippen LogP) is 2.79. The minimum Gasteiger partial charge on any atom is -0.507 e. The van der Waals surface area contributed by atoms with Crippen LogP contribution in [-0.2, 0) is 0 Å². The molecule has 2 rings (SSSR count). The fourth-order valence-corrected chi connectivity index (χ4v) is 2.47. The van der Waals surface area contributed by atoms with Gasteiger partial charge in [-0.3, -0.25) is 4.79 Å². The van der Waals surface area contributed by atoms with Crippen LogP contribution in [0.1, 0.15) is 29.3 Å². The van der Waals surface area contributed by atoms with E-state index in [4.69, 9.17) is 11.6 Å². The van der Waals surface area contributed by atoms with Crippen molar-refractivity contribution in [3.63, 3.8) is 0 Å². The Balaban J connectivity index is 2.19. The number of aryl methyl sites for hydroxylation is 1. The van der Waals surface area contributed by atoms with Crippen molar-refractivity contribution in [3.05, 3.63) is 29.3 Å². The van der Waals surface area contributed by atoms with Gasteiger partial charge in [-0.2, -0.15) is 0 Å². The third-order valence-corrected chi connectivity index (χ3v) is 4.12. The molecule has 1 amide bonds. The molecular formula is C14H18ClNO2. The Morgan fingerprint density at radius 3 is 2.89 bits per heavy atom. The summed E-state index contributed by atoms with van der Waals surface area (Å²) in [5.41, 5.74) is 1.35. The van der Waals surface area contributed by atoms with E-state index in [9.17, 15) is 9.90 Å². The molecule has 18 heavy (non-hydrogen) atoms. The number of phenols is 1. The number of piperidine rings is 1. The quantitative estimate of drug-likeness (QED) is 0.795. The first-order valence-corrected chi connectivity index (χ1v) is 6.65. The summed E-state index contributed by atoms with van der Waals surface area (Å²) in [6.07, 6.45) is 0.807. The Kier molecular flexibility index (Phi) is 3.81. The molecule has 0 aromatic heterocycles. The largest absolute Gasteiger partial charge is 0.507 e. The second kappa shape index (κ2) is 5.19. The number of benzene rings is 1. The lowest BCUT2D eigenvalue weighted by molar-refractivity contribution is 0.0684. The Labute approximate surface area is 112 Å². The predicted molar refractivity (Wildman–Crippen MR) is 72.2 cm³/mol. The summed E-state index contributed by atoms with van der Waals surface area (Å²) in [5.74, 6) is 0.231. The lowest BCUT2D eigenvalue weighted by Gasteiger charge is -2.34. The van der Waals surface area contributed by atoms with Crippen molar-refractivity contribution in [3.8, 4) is 5.75 Å². The van der Waals surface area contributed by atoms with Gasteiger partial charge in [0, 0.05) is 18.5 Å². The second-order valence-corrected chi connectivity index (χ2v) is 5.61. The number of alkyl halides is 1. The highest BCUT2D eigenvalue weighted by Crippen LogP contribution is 2.26. The van der Waals surface area contributed by atoms with E-state index in [1.807, 2.05) is 13.8 Å². The van der Waals surface area contributed by atoms with Gasteiger partial charge in [0.05, 0.1) is 5.56 Å². The van der Waals surface area contributed by atoms with Crippen molar-refractivity contribution < 1.29 is 9.90 Å². The molecule has 0 spiro atoms. The van der Waals surface area contributed by atoms with Crippen LogP contribution in [0.4, 0.5) is 0 Å². The van der Waals surface area contributed by atoms with Crippen LogP contribution in [0.15, 0.2) is 18.2 Å². The monoisotopic (exact) mass is 267 g/mol. The van der Waals surface area contributed by atoms with Crippen LogP contribution in [0, 0.1) is 12.8 Å². The van der Waals surface area contributed by atoms with Crippen molar-refractivity contribution in [2.24, 2.45) is 5.92 Å². The molecule has 1 heterocycles. The zero-order chi connectivity index (χ0) is 13.3. The van der Waals surface area contributed by atoms with Crippen LogP contribution in [0.3, 0.4) is 0 Å². The molecular weight excluding hydrogens is 250 g/mol. The van der Waals surface area contributed by atoms with E-state index >= 15 is 0 Å². The number of likely N-dealkylation sites (tertiary alicyclic amines) is 1. The van der Waals surface area contributed by atoms with Crippen LogP contribution in [0.25, 0.3) is 0 Å². The van der Waals surface area contributed by atoms with Crippen molar-refractivity contribution >= 4 is 17.5 Å².